The number of nitriles is 1. The summed E-state index contributed by atoms with van der Waals surface area (Å²) in [5.41, 5.74) is 2.94. The topological polar surface area (TPSA) is 48.7 Å². The van der Waals surface area contributed by atoms with Gasteiger partial charge in [0.25, 0.3) is 0 Å². The first-order valence-electron chi connectivity index (χ1n) is 6.44. The molecule has 2 aromatic rings. The summed E-state index contributed by atoms with van der Waals surface area (Å²) in [6.07, 6.45) is 1.62. The van der Waals surface area contributed by atoms with Crippen molar-refractivity contribution < 1.29 is 4.39 Å². The Hall–Kier alpha value is -2.25. The number of aromatic nitrogens is 1. The summed E-state index contributed by atoms with van der Waals surface area (Å²) in [7, 11) is 0. The molecule has 0 amide bonds. The molecule has 1 aromatic heterocycles. The van der Waals surface area contributed by atoms with E-state index in [1.807, 2.05) is 25.1 Å². The summed E-state index contributed by atoms with van der Waals surface area (Å²) >= 11 is 0. The molecule has 3 nitrogen and oxygen atoms in total. The fourth-order valence-corrected chi connectivity index (χ4v) is 1.91. The monoisotopic (exact) mass is 269 g/mol. The molecule has 1 aromatic carbocycles. The van der Waals surface area contributed by atoms with E-state index in [0.717, 1.165) is 11.1 Å². The molecular weight excluding hydrogens is 253 g/mol. The van der Waals surface area contributed by atoms with E-state index >= 15 is 0 Å². The zero-order chi connectivity index (χ0) is 14.5. The molecule has 1 N–H and O–H groups in total. The molecule has 0 bridgehead atoms. The maximum Gasteiger partial charge on any atom is 0.140 e. The molecule has 0 saturated heterocycles. The molecular formula is C16H16FN3. The van der Waals surface area contributed by atoms with Crippen molar-refractivity contribution >= 4 is 0 Å². The number of hydrogen-bond acceptors (Lipinski definition) is 3. The second-order valence-corrected chi connectivity index (χ2v) is 4.77. The van der Waals surface area contributed by atoms with Gasteiger partial charge in [-0.1, -0.05) is 12.1 Å². The summed E-state index contributed by atoms with van der Waals surface area (Å²) in [6, 6.07) is 10.9. The lowest BCUT2D eigenvalue weighted by Crippen LogP contribution is -2.18. The lowest BCUT2D eigenvalue weighted by atomic mass is 10.1. The first kappa shape index (κ1) is 14.2. The van der Waals surface area contributed by atoms with Crippen molar-refractivity contribution in [2.45, 2.75) is 26.4 Å². The highest BCUT2D eigenvalue weighted by Crippen LogP contribution is 2.16. The molecule has 0 aliphatic rings. The van der Waals surface area contributed by atoms with Crippen LogP contribution in [-0.4, -0.2) is 4.98 Å². The molecule has 0 spiro atoms. The van der Waals surface area contributed by atoms with Crippen LogP contribution >= 0.6 is 0 Å². The number of rotatable bonds is 4. The van der Waals surface area contributed by atoms with Crippen LogP contribution in [0.4, 0.5) is 4.39 Å². The van der Waals surface area contributed by atoms with E-state index in [1.165, 1.54) is 0 Å². The summed E-state index contributed by atoms with van der Waals surface area (Å²) in [6.45, 7) is 4.34. The highest BCUT2D eigenvalue weighted by molar-refractivity contribution is 5.27. The van der Waals surface area contributed by atoms with Crippen LogP contribution in [0.3, 0.4) is 0 Å². The Bertz CT molecular complexity index is 646. The van der Waals surface area contributed by atoms with E-state index in [0.29, 0.717) is 17.8 Å². The quantitative estimate of drug-likeness (QED) is 0.926. The van der Waals surface area contributed by atoms with Crippen LogP contribution in [0.25, 0.3) is 0 Å². The van der Waals surface area contributed by atoms with Crippen LogP contribution in [0.15, 0.2) is 36.5 Å². The maximum absolute atomic E-state index is 13.5. The minimum atomic E-state index is -0.188. The van der Waals surface area contributed by atoms with Crippen LogP contribution in [0.1, 0.15) is 35.3 Å². The Labute approximate surface area is 118 Å². The average Bonchev–Trinajstić information content (AvgIpc) is 2.47. The predicted molar refractivity (Wildman–Crippen MR) is 75.3 cm³/mol. The van der Waals surface area contributed by atoms with Gasteiger partial charge in [-0.3, -0.25) is 0 Å². The molecule has 102 valence electrons. The van der Waals surface area contributed by atoms with Gasteiger partial charge in [-0.15, -0.1) is 0 Å². The first-order valence-corrected chi connectivity index (χ1v) is 6.44. The van der Waals surface area contributed by atoms with Crippen molar-refractivity contribution in [3.05, 3.63) is 64.7 Å². The van der Waals surface area contributed by atoms with Crippen molar-refractivity contribution in [2.24, 2.45) is 0 Å². The van der Waals surface area contributed by atoms with Crippen LogP contribution < -0.4 is 5.32 Å². The number of benzene rings is 1. The second kappa shape index (κ2) is 6.27. The SMILES string of the molecule is Cc1ccc(C(C)NCc2ccnc(C#N)c2)cc1F. The number of nitrogens with one attached hydrogen (secondary N) is 1. The van der Waals surface area contributed by atoms with Gasteiger partial charge in [-0.05, 0) is 48.7 Å². The second-order valence-electron chi connectivity index (χ2n) is 4.77. The maximum atomic E-state index is 13.5. The zero-order valence-corrected chi connectivity index (χ0v) is 11.5. The predicted octanol–water partition coefficient (Wildman–Crippen LogP) is 3.25. The highest BCUT2D eigenvalue weighted by Gasteiger charge is 2.07. The number of pyridine rings is 1. The van der Waals surface area contributed by atoms with Gasteiger partial charge in [0.1, 0.15) is 17.6 Å². The van der Waals surface area contributed by atoms with Gasteiger partial charge >= 0.3 is 0 Å². The van der Waals surface area contributed by atoms with Crippen LogP contribution in [0, 0.1) is 24.1 Å². The van der Waals surface area contributed by atoms with Crippen molar-refractivity contribution in [1.82, 2.24) is 10.3 Å². The summed E-state index contributed by atoms with van der Waals surface area (Å²) < 4.78 is 13.5. The molecule has 0 aliphatic heterocycles. The van der Waals surface area contributed by atoms with E-state index in [-0.39, 0.29) is 11.9 Å². The van der Waals surface area contributed by atoms with Gasteiger partial charge in [0, 0.05) is 18.8 Å². The van der Waals surface area contributed by atoms with Gasteiger partial charge in [-0.2, -0.15) is 5.26 Å². The van der Waals surface area contributed by atoms with E-state index in [2.05, 4.69) is 10.3 Å². The molecule has 4 heteroatoms. The fraction of sp³-hybridized carbons (Fsp3) is 0.250. The zero-order valence-electron chi connectivity index (χ0n) is 11.5. The minimum absolute atomic E-state index is 0.0313. The Morgan fingerprint density at radius 1 is 1.35 bits per heavy atom. The normalized spacial score (nSPS) is 11.9. The average molecular weight is 269 g/mol. The summed E-state index contributed by atoms with van der Waals surface area (Å²) in [5.74, 6) is -0.188. The molecule has 1 unspecified atom stereocenters. The number of hydrogen-bond donors (Lipinski definition) is 1. The fourth-order valence-electron chi connectivity index (χ4n) is 1.91. The Morgan fingerprint density at radius 2 is 2.15 bits per heavy atom. The lowest BCUT2D eigenvalue weighted by molar-refractivity contribution is 0.563. The lowest BCUT2D eigenvalue weighted by Gasteiger charge is -2.15. The summed E-state index contributed by atoms with van der Waals surface area (Å²) in [4.78, 5) is 3.93. The van der Waals surface area contributed by atoms with Crippen molar-refractivity contribution in [2.75, 3.05) is 0 Å². The molecule has 0 aliphatic carbocycles. The first-order chi connectivity index (χ1) is 9.60. The Morgan fingerprint density at radius 3 is 2.85 bits per heavy atom. The third-order valence-corrected chi connectivity index (χ3v) is 3.25. The molecule has 2 rings (SSSR count). The van der Waals surface area contributed by atoms with Gasteiger partial charge < -0.3 is 5.32 Å². The van der Waals surface area contributed by atoms with Crippen LogP contribution in [-0.2, 0) is 6.54 Å². The Balaban J connectivity index is 2.02. The minimum Gasteiger partial charge on any atom is -0.306 e. The number of nitrogens with zero attached hydrogens (tertiary/aromatic N) is 2. The van der Waals surface area contributed by atoms with E-state index in [4.69, 9.17) is 5.26 Å². The van der Waals surface area contributed by atoms with Gasteiger partial charge in [0.2, 0.25) is 0 Å². The smallest absolute Gasteiger partial charge is 0.140 e. The third kappa shape index (κ3) is 3.40. The van der Waals surface area contributed by atoms with Crippen LogP contribution in [0.2, 0.25) is 0 Å². The molecule has 0 radical (unpaired) electrons. The highest BCUT2D eigenvalue weighted by atomic mass is 19.1. The van der Waals surface area contributed by atoms with Crippen LogP contribution in [0.5, 0.6) is 0 Å². The molecule has 0 fully saturated rings. The summed E-state index contributed by atoms with van der Waals surface area (Å²) in [5, 5.41) is 12.1. The molecule has 1 atom stereocenters. The number of halogens is 1. The van der Waals surface area contributed by atoms with Crippen molar-refractivity contribution in [1.29, 1.82) is 5.26 Å². The van der Waals surface area contributed by atoms with Crippen molar-refractivity contribution in [3.63, 3.8) is 0 Å². The van der Waals surface area contributed by atoms with Gasteiger partial charge in [0.05, 0.1) is 0 Å². The Kier molecular flexibility index (Phi) is 4.44. The van der Waals surface area contributed by atoms with E-state index in [9.17, 15) is 4.39 Å². The third-order valence-electron chi connectivity index (χ3n) is 3.25. The van der Waals surface area contributed by atoms with E-state index in [1.54, 1.807) is 31.3 Å². The van der Waals surface area contributed by atoms with Gasteiger partial charge in [0.15, 0.2) is 0 Å². The standard InChI is InChI=1S/C16H16FN3/c1-11-3-4-14(8-16(11)17)12(2)20-10-13-5-6-19-15(7-13)9-18/h3-8,12,20H,10H2,1-2H3. The van der Waals surface area contributed by atoms with E-state index < -0.39 is 0 Å². The largest absolute Gasteiger partial charge is 0.306 e. The molecule has 0 saturated carbocycles. The number of aryl methyl sites for hydroxylation is 1. The molecule has 1 heterocycles. The molecule has 20 heavy (non-hydrogen) atoms. The van der Waals surface area contributed by atoms with Crippen molar-refractivity contribution in [3.8, 4) is 6.07 Å². The van der Waals surface area contributed by atoms with Gasteiger partial charge in [-0.25, -0.2) is 9.37 Å².